The van der Waals surface area contributed by atoms with Crippen LogP contribution < -0.4 is 14.2 Å². The van der Waals surface area contributed by atoms with Crippen LogP contribution in [0.25, 0.3) is 0 Å². The van der Waals surface area contributed by atoms with Crippen molar-refractivity contribution in [3.8, 4) is 17.5 Å². The Labute approximate surface area is 134 Å². The molecular weight excluding hydrogens is 280 g/mol. The van der Waals surface area contributed by atoms with Gasteiger partial charge in [0.15, 0.2) is 0 Å². The Hall–Kier alpha value is -1.52. The first-order valence-electron chi connectivity index (χ1n) is 8.41. The highest BCUT2D eigenvalue weighted by Gasteiger charge is 2.16. The zero-order valence-electron chi connectivity index (χ0n) is 14.4. The van der Waals surface area contributed by atoms with Gasteiger partial charge >= 0.3 is 0 Å². The second-order valence-corrected chi connectivity index (χ2v) is 5.44. The van der Waals surface area contributed by atoms with Crippen LogP contribution in [0.3, 0.4) is 0 Å². The lowest BCUT2D eigenvalue weighted by Crippen LogP contribution is -2.14. The topological polar surface area (TPSA) is 53.5 Å². The molecule has 0 N–H and O–H groups in total. The van der Waals surface area contributed by atoms with Crippen molar-refractivity contribution in [3.05, 3.63) is 6.33 Å². The molecule has 0 amide bonds. The number of methoxy groups -OCH3 is 1. The number of hydrogen-bond acceptors (Lipinski definition) is 5. The van der Waals surface area contributed by atoms with Crippen molar-refractivity contribution in [1.29, 1.82) is 0 Å². The molecule has 1 aromatic heterocycles. The smallest absolute Gasteiger partial charge is 0.264 e. The highest BCUT2D eigenvalue weighted by Crippen LogP contribution is 2.33. The van der Waals surface area contributed by atoms with Gasteiger partial charge in [-0.05, 0) is 26.7 Å². The second kappa shape index (κ2) is 11.1. The zero-order chi connectivity index (χ0) is 16.2. The molecule has 22 heavy (non-hydrogen) atoms. The molecule has 5 nitrogen and oxygen atoms in total. The van der Waals surface area contributed by atoms with E-state index in [1.165, 1.54) is 44.9 Å². The average molecular weight is 310 g/mol. The van der Waals surface area contributed by atoms with Crippen molar-refractivity contribution in [3.63, 3.8) is 0 Å². The van der Waals surface area contributed by atoms with Gasteiger partial charge in [0, 0.05) is 0 Å². The lowest BCUT2D eigenvalue weighted by atomic mass is 10.1. The summed E-state index contributed by atoms with van der Waals surface area (Å²) in [7, 11) is 1.58. The molecule has 1 atom stereocenters. The van der Waals surface area contributed by atoms with Gasteiger partial charge in [-0.3, -0.25) is 0 Å². The lowest BCUT2D eigenvalue weighted by molar-refractivity contribution is 0.184. The van der Waals surface area contributed by atoms with Crippen LogP contribution in [-0.4, -0.2) is 29.8 Å². The van der Waals surface area contributed by atoms with Crippen molar-refractivity contribution in [2.24, 2.45) is 0 Å². The molecule has 0 aliphatic rings. The summed E-state index contributed by atoms with van der Waals surface area (Å²) in [5.74, 6) is 1.36. The third-order valence-corrected chi connectivity index (χ3v) is 3.50. The van der Waals surface area contributed by atoms with Gasteiger partial charge in [0.2, 0.25) is 5.75 Å². The van der Waals surface area contributed by atoms with Crippen LogP contribution in [0.15, 0.2) is 6.33 Å². The molecule has 0 saturated heterocycles. The molecule has 0 spiro atoms. The first-order valence-corrected chi connectivity index (χ1v) is 8.41. The van der Waals surface area contributed by atoms with E-state index in [0.29, 0.717) is 24.1 Å². The molecule has 126 valence electrons. The van der Waals surface area contributed by atoms with Crippen LogP contribution >= 0.6 is 0 Å². The van der Waals surface area contributed by atoms with Gasteiger partial charge < -0.3 is 14.2 Å². The van der Waals surface area contributed by atoms with Crippen LogP contribution in [-0.2, 0) is 0 Å². The average Bonchev–Trinajstić information content (AvgIpc) is 2.51. The Bertz CT molecular complexity index is 413. The minimum atomic E-state index is 0.101. The first kappa shape index (κ1) is 18.5. The third-order valence-electron chi connectivity index (χ3n) is 3.50. The molecule has 0 aromatic carbocycles. The molecule has 1 rings (SSSR count). The predicted octanol–water partition coefficient (Wildman–Crippen LogP) is 4.40. The van der Waals surface area contributed by atoms with E-state index >= 15 is 0 Å². The maximum atomic E-state index is 5.89. The highest BCUT2D eigenvalue weighted by molar-refractivity contribution is 5.41. The van der Waals surface area contributed by atoms with Crippen molar-refractivity contribution >= 4 is 0 Å². The van der Waals surface area contributed by atoms with Gasteiger partial charge in [-0.2, -0.15) is 9.97 Å². The summed E-state index contributed by atoms with van der Waals surface area (Å²) in [6, 6.07) is 0. The number of unbranched alkanes of at least 4 members (excludes halogenated alkanes) is 5. The van der Waals surface area contributed by atoms with Crippen LogP contribution in [0.1, 0.15) is 65.7 Å². The van der Waals surface area contributed by atoms with E-state index in [0.717, 1.165) is 6.42 Å². The quantitative estimate of drug-likeness (QED) is 0.535. The van der Waals surface area contributed by atoms with Crippen LogP contribution in [0.4, 0.5) is 0 Å². The monoisotopic (exact) mass is 310 g/mol. The largest absolute Gasteiger partial charge is 0.487 e. The Morgan fingerprint density at radius 2 is 1.68 bits per heavy atom. The van der Waals surface area contributed by atoms with E-state index in [4.69, 9.17) is 14.2 Å². The van der Waals surface area contributed by atoms with E-state index in [1.807, 2.05) is 6.92 Å². The van der Waals surface area contributed by atoms with Gasteiger partial charge in [0.25, 0.3) is 11.8 Å². The Morgan fingerprint density at radius 3 is 2.36 bits per heavy atom. The molecule has 0 aliphatic carbocycles. The molecule has 0 aliphatic heterocycles. The maximum Gasteiger partial charge on any atom is 0.264 e. The van der Waals surface area contributed by atoms with Crippen molar-refractivity contribution in [1.82, 2.24) is 9.97 Å². The number of hydrogen-bond donors (Lipinski definition) is 0. The van der Waals surface area contributed by atoms with Crippen molar-refractivity contribution in [2.75, 3.05) is 13.7 Å². The lowest BCUT2D eigenvalue weighted by Gasteiger charge is -2.16. The molecule has 1 heterocycles. The van der Waals surface area contributed by atoms with Gasteiger partial charge in [0.1, 0.15) is 6.33 Å². The van der Waals surface area contributed by atoms with Crippen LogP contribution in [0.2, 0.25) is 0 Å². The standard InChI is InChI=1S/C17H30N2O3/c1-5-7-8-9-10-11-12-14(3)22-17-15(20-4)16(21-6-2)18-13-19-17/h13-14H,5-12H2,1-4H3. The van der Waals surface area contributed by atoms with E-state index in [1.54, 1.807) is 7.11 Å². The van der Waals surface area contributed by atoms with Crippen molar-refractivity contribution in [2.45, 2.75) is 71.8 Å². The summed E-state index contributed by atoms with van der Waals surface area (Å²) < 4.78 is 16.6. The fourth-order valence-electron chi connectivity index (χ4n) is 2.30. The van der Waals surface area contributed by atoms with Gasteiger partial charge in [-0.1, -0.05) is 39.0 Å². The molecule has 1 unspecified atom stereocenters. The summed E-state index contributed by atoms with van der Waals surface area (Å²) in [6.45, 7) is 6.73. The second-order valence-electron chi connectivity index (χ2n) is 5.44. The fourth-order valence-corrected chi connectivity index (χ4v) is 2.30. The van der Waals surface area contributed by atoms with E-state index < -0.39 is 0 Å². The molecule has 0 fully saturated rings. The summed E-state index contributed by atoms with van der Waals surface area (Å²) in [5, 5.41) is 0. The SMILES string of the molecule is CCCCCCCCC(C)Oc1ncnc(OCC)c1OC. The molecule has 0 saturated carbocycles. The molecule has 0 bridgehead atoms. The highest BCUT2D eigenvalue weighted by atomic mass is 16.5. The third kappa shape index (κ3) is 6.50. The summed E-state index contributed by atoms with van der Waals surface area (Å²) in [4.78, 5) is 8.24. The van der Waals surface area contributed by atoms with Gasteiger partial charge in [-0.15, -0.1) is 0 Å². The number of rotatable bonds is 12. The predicted molar refractivity (Wildman–Crippen MR) is 87.8 cm³/mol. The van der Waals surface area contributed by atoms with Crippen LogP contribution in [0.5, 0.6) is 17.5 Å². The van der Waals surface area contributed by atoms with Gasteiger partial charge in [-0.25, -0.2) is 0 Å². The molecule has 1 aromatic rings. The zero-order valence-corrected chi connectivity index (χ0v) is 14.4. The minimum Gasteiger partial charge on any atom is -0.487 e. The summed E-state index contributed by atoms with van der Waals surface area (Å²) in [5.41, 5.74) is 0. The maximum absolute atomic E-state index is 5.89. The van der Waals surface area contributed by atoms with Crippen LogP contribution in [0, 0.1) is 0 Å². The Kier molecular flexibility index (Phi) is 9.35. The first-order chi connectivity index (χ1) is 10.7. The molecule has 0 radical (unpaired) electrons. The van der Waals surface area contributed by atoms with E-state index in [2.05, 4.69) is 23.8 Å². The number of ether oxygens (including phenoxy) is 3. The van der Waals surface area contributed by atoms with E-state index in [9.17, 15) is 0 Å². The number of aromatic nitrogens is 2. The summed E-state index contributed by atoms with van der Waals surface area (Å²) in [6.07, 6.45) is 10.3. The van der Waals surface area contributed by atoms with Crippen molar-refractivity contribution < 1.29 is 14.2 Å². The minimum absolute atomic E-state index is 0.101. The Balaban J connectivity index is 2.43. The normalized spacial score (nSPS) is 12.0. The van der Waals surface area contributed by atoms with Gasteiger partial charge in [0.05, 0.1) is 19.8 Å². The fraction of sp³-hybridized carbons (Fsp3) is 0.765. The molecule has 5 heteroatoms. The molecular formula is C17H30N2O3. The number of nitrogens with zero attached hydrogens (tertiary/aromatic N) is 2. The van der Waals surface area contributed by atoms with E-state index in [-0.39, 0.29) is 6.10 Å². The Morgan fingerprint density at radius 1 is 1.00 bits per heavy atom. The summed E-state index contributed by atoms with van der Waals surface area (Å²) >= 11 is 0.